The summed E-state index contributed by atoms with van der Waals surface area (Å²) in [6, 6.07) is 7.10. The summed E-state index contributed by atoms with van der Waals surface area (Å²) in [5.74, 6) is -0.356. The van der Waals surface area contributed by atoms with Crippen LogP contribution in [0.15, 0.2) is 29.8 Å². The van der Waals surface area contributed by atoms with Gasteiger partial charge in [-0.15, -0.1) is 0 Å². The molecule has 1 aromatic carbocycles. The zero-order valence-corrected chi connectivity index (χ0v) is 7.91. The van der Waals surface area contributed by atoms with Crippen LogP contribution in [0.1, 0.15) is 15.9 Å². The summed E-state index contributed by atoms with van der Waals surface area (Å²) in [6.07, 6.45) is 1.65. The van der Waals surface area contributed by atoms with E-state index in [1.807, 2.05) is 6.07 Å². The third-order valence-corrected chi connectivity index (χ3v) is 1.73. The van der Waals surface area contributed by atoms with Crippen LogP contribution in [0.2, 0.25) is 0 Å². The van der Waals surface area contributed by atoms with E-state index in [0.717, 1.165) is 5.56 Å². The number of halogens is 1. The minimum absolute atomic E-state index is 0.356. The fourth-order valence-corrected chi connectivity index (χ4v) is 1.14. The number of carbonyl (C=O) groups is 1. The molecule has 0 saturated heterocycles. The molecule has 0 unspecified atom stereocenters. The Balaban J connectivity index is 3.11. The highest BCUT2D eigenvalue weighted by Crippen LogP contribution is 2.12. The van der Waals surface area contributed by atoms with E-state index in [2.05, 4.69) is 4.74 Å². The average Bonchev–Trinajstić information content (AvgIpc) is 2.18. The summed E-state index contributed by atoms with van der Waals surface area (Å²) >= 11 is 5.42. The lowest BCUT2D eigenvalue weighted by atomic mass is 10.1. The molecule has 1 rings (SSSR count). The first-order valence-corrected chi connectivity index (χ1v) is 4.17. The van der Waals surface area contributed by atoms with E-state index in [-0.39, 0.29) is 5.97 Å². The number of benzene rings is 1. The van der Waals surface area contributed by atoms with E-state index in [0.29, 0.717) is 5.56 Å². The molecule has 2 nitrogen and oxygen atoms in total. The van der Waals surface area contributed by atoms with E-state index >= 15 is 0 Å². The number of esters is 1. The van der Waals surface area contributed by atoms with Gasteiger partial charge in [-0.25, -0.2) is 4.79 Å². The van der Waals surface area contributed by atoms with Crippen molar-refractivity contribution in [2.24, 2.45) is 0 Å². The Labute approximate surface area is 81.8 Å². The summed E-state index contributed by atoms with van der Waals surface area (Å²) in [7, 11) is 1.35. The molecule has 0 aliphatic carbocycles. The molecule has 0 bridgehead atoms. The van der Waals surface area contributed by atoms with E-state index in [1.54, 1.807) is 24.3 Å². The van der Waals surface area contributed by atoms with Crippen molar-refractivity contribution in [1.82, 2.24) is 0 Å². The van der Waals surface area contributed by atoms with Gasteiger partial charge in [0.05, 0.1) is 12.7 Å². The Morgan fingerprint density at radius 2 is 2.15 bits per heavy atom. The van der Waals surface area contributed by atoms with Crippen LogP contribution in [-0.2, 0) is 4.74 Å². The summed E-state index contributed by atoms with van der Waals surface area (Å²) in [6.45, 7) is 0. The molecule has 0 fully saturated rings. The Morgan fingerprint density at radius 1 is 1.46 bits per heavy atom. The largest absolute Gasteiger partial charge is 0.465 e. The lowest BCUT2D eigenvalue weighted by Crippen LogP contribution is -2.02. The standard InChI is InChI=1S/C10H9ClO2/c1-13-10(12)9-5-3-2-4-8(9)6-7-11/h2-7H,1H3/b7-6-. The van der Waals surface area contributed by atoms with Gasteiger partial charge < -0.3 is 4.74 Å². The van der Waals surface area contributed by atoms with Gasteiger partial charge in [-0.1, -0.05) is 29.8 Å². The molecule has 1 aromatic rings. The molecule has 0 aromatic heterocycles. The molecule has 0 aliphatic heterocycles. The van der Waals surface area contributed by atoms with E-state index in [4.69, 9.17) is 11.6 Å². The van der Waals surface area contributed by atoms with Gasteiger partial charge in [0.25, 0.3) is 0 Å². The van der Waals surface area contributed by atoms with Crippen LogP contribution in [0.25, 0.3) is 6.08 Å². The summed E-state index contributed by atoms with van der Waals surface area (Å²) in [5.41, 5.74) is 2.63. The Hall–Kier alpha value is -1.28. The van der Waals surface area contributed by atoms with Gasteiger partial charge in [0, 0.05) is 5.54 Å². The molecule has 0 heterocycles. The average molecular weight is 197 g/mol. The Morgan fingerprint density at radius 3 is 2.77 bits per heavy atom. The monoisotopic (exact) mass is 196 g/mol. The molecule has 0 spiro atoms. The third kappa shape index (κ3) is 2.33. The number of carbonyl (C=O) groups excluding carboxylic acids is 1. The van der Waals surface area contributed by atoms with Gasteiger partial charge in [-0.2, -0.15) is 0 Å². The molecule has 3 heteroatoms. The van der Waals surface area contributed by atoms with Crippen LogP contribution in [-0.4, -0.2) is 13.1 Å². The van der Waals surface area contributed by atoms with Gasteiger partial charge in [0.2, 0.25) is 0 Å². The molecular formula is C10H9ClO2. The molecule has 0 radical (unpaired) electrons. The zero-order valence-electron chi connectivity index (χ0n) is 7.16. The van der Waals surface area contributed by atoms with Crippen LogP contribution < -0.4 is 0 Å². The van der Waals surface area contributed by atoms with E-state index in [1.165, 1.54) is 12.6 Å². The fraction of sp³-hybridized carbons (Fsp3) is 0.100. The van der Waals surface area contributed by atoms with Gasteiger partial charge in [0.1, 0.15) is 0 Å². The molecular weight excluding hydrogens is 188 g/mol. The summed E-state index contributed by atoms with van der Waals surface area (Å²) in [4.78, 5) is 11.2. The molecule has 68 valence electrons. The first-order chi connectivity index (χ1) is 6.29. The predicted molar refractivity (Wildman–Crippen MR) is 52.7 cm³/mol. The number of methoxy groups -OCH3 is 1. The molecule has 0 aliphatic rings. The van der Waals surface area contributed by atoms with Gasteiger partial charge in [0.15, 0.2) is 0 Å². The van der Waals surface area contributed by atoms with Crippen LogP contribution >= 0.6 is 11.6 Å². The second-order valence-electron chi connectivity index (χ2n) is 2.37. The molecule has 13 heavy (non-hydrogen) atoms. The highest BCUT2D eigenvalue weighted by molar-refractivity contribution is 6.27. The highest BCUT2D eigenvalue weighted by Gasteiger charge is 2.07. The minimum Gasteiger partial charge on any atom is -0.465 e. The van der Waals surface area contributed by atoms with Gasteiger partial charge >= 0.3 is 5.97 Å². The normalized spacial score (nSPS) is 10.3. The topological polar surface area (TPSA) is 26.3 Å². The predicted octanol–water partition coefficient (Wildman–Crippen LogP) is 2.68. The lowest BCUT2D eigenvalue weighted by Gasteiger charge is -2.02. The van der Waals surface area contributed by atoms with Gasteiger partial charge in [-0.05, 0) is 17.7 Å². The van der Waals surface area contributed by atoms with Crippen LogP contribution in [0, 0.1) is 0 Å². The van der Waals surface area contributed by atoms with Crippen molar-refractivity contribution in [3.8, 4) is 0 Å². The van der Waals surface area contributed by atoms with Crippen molar-refractivity contribution in [3.63, 3.8) is 0 Å². The van der Waals surface area contributed by atoms with Crippen molar-refractivity contribution < 1.29 is 9.53 Å². The van der Waals surface area contributed by atoms with E-state index in [9.17, 15) is 4.79 Å². The van der Waals surface area contributed by atoms with Crippen molar-refractivity contribution in [2.45, 2.75) is 0 Å². The van der Waals surface area contributed by atoms with Crippen molar-refractivity contribution in [1.29, 1.82) is 0 Å². The smallest absolute Gasteiger partial charge is 0.338 e. The van der Waals surface area contributed by atoms with Crippen molar-refractivity contribution in [2.75, 3.05) is 7.11 Å². The molecule has 0 amide bonds. The first-order valence-electron chi connectivity index (χ1n) is 3.73. The minimum atomic E-state index is -0.356. The molecule has 0 saturated carbocycles. The SMILES string of the molecule is COC(=O)c1ccccc1/C=C\Cl. The third-order valence-electron chi connectivity index (χ3n) is 1.61. The Kier molecular flexibility index (Phi) is 3.53. The van der Waals surface area contributed by atoms with Gasteiger partial charge in [-0.3, -0.25) is 0 Å². The number of ether oxygens (including phenoxy) is 1. The maximum atomic E-state index is 11.2. The first kappa shape index (κ1) is 9.81. The van der Waals surface area contributed by atoms with Crippen LogP contribution in [0.5, 0.6) is 0 Å². The summed E-state index contributed by atoms with van der Waals surface area (Å²) < 4.78 is 4.61. The van der Waals surface area contributed by atoms with Crippen LogP contribution in [0.3, 0.4) is 0 Å². The second kappa shape index (κ2) is 4.67. The Bertz CT molecular complexity index is 331. The quantitative estimate of drug-likeness (QED) is 0.680. The zero-order chi connectivity index (χ0) is 9.68. The lowest BCUT2D eigenvalue weighted by molar-refractivity contribution is 0.0600. The molecule has 0 atom stereocenters. The number of hydrogen-bond acceptors (Lipinski definition) is 2. The number of rotatable bonds is 2. The van der Waals surface area contributed by atoms with Crippen LogP contribution in [0.4, 0.5) is 0 Å². The highest BCUT2D eigenvalue weighted by atomic mass is 35.5. The fourth-order valence-electron chi connectivity index (χ4n) is 1.01. The van der Waals surface area contributed by atoms with Crippen molar-refractivity contribution >= 4 is 23.6 Å². The molecule has 0 N–H and O–H groups in total. The number of hydrogen-bond donors (Lipinski definition) is 0. The maximum Gasteiger partial charge on any atom is 0.338 e. The maximum absolute atomic E-state index is 11.2. The summed E-state index contributed by atoms with van der Waals surface area (Å²) in [5, 5.41) is 0. The second-order valence-corrected chi connectivity index (χ2v) is 2.62. The van der Waals surface area contributed by atoms with Crippen molar-refractivity contribution in [3.05, 3.63) is 40.9 Å². The van der Waals surface area contributed by atoms with E-state index < -0.39 is 0 Å².